The molecule has 0 bridgehead atoms. The van der Waals surface area contributed by atoms with Crippen molar-refractivity contribution in [2.24, 2.45) is 0 Å². The zero-order valence-electron chi connectivity index (χ0n) is 11.3. The number of anilines is 1. The van der Waals surface area contributed by atoms with Crippen molar-refractivity contribution in [3.05, 3.63) is 23.9 Å². The number of hydrogen-bond acceptors (Lipinski definition) is 4. The molecule has 0 aromatic carbocycles. The van der Waals surface area contributed by atoms with Crippen molar-refractivity contribution >= 4 is 17.7 Å². The second kappa shape index (κ2) is 6.88. The summed E-state index contributed by atoms with van der Waals surface area (Å²) in [6, 6.07) is 4.92. The highest BCUT2D eigenvalue weighted by atomic mass is 16.4. The summed E-state index contributed by atoms with van der Waals surface area (Å²) < 4.78 is 0. The SMILES string of the molecule is O=C(CNc1cccc(C(=O)O)n1)NC1CCCCC1. The lowest BCUT2D eigenvalue weighted by molar-refractivity contribution is -0.120. The van der Waals surface area contributed by atoms with E-state index >= 15 is 0 Å². The Morgan fingerprint density at radius 2 is 2.00 bits per heavy atom. The Kier molecular flexibility index (Phi) is 4.92. The van der Waals surface area contributed by atoms with E-state index in [0.29, 0.717) is 5.82 Å². The molecule has 0 spiro atoms. The number of carbonyl (C=O) groups excluding carboxylic acids is 1. The maximum atomic E-state index is 11.8. The summed E-state index contributed by atoms with van der Waals surface area (Å²) >= 11 is 0. The number of carboxylic acid groups (broad SMARTS) is 1. The van der Waals surface area contributed by atoms with Crippen LogP contribution >= 0.6 is 0 Å². The van der Waals surface area contributed by atoms with Crippen molar-refractivity contribution in [3.63, 3.8) is 0 Å². The summed E-state index contributed by atoms with van der Waals surface area (Å²) in [4.78, 5) is 26.5. The van der Waals surface area contributed by atoms with Crippen molar-refractivity contribution < 1.29 is 14.7 Å². The number of nitrogens with one attached hydrogen (secondary N) is 2. The van der Waals surface area contributed by atoms with Gasteiger partial charge in [-0.2, -0.15) is 0 Å². The van der Waals surface area contributed by atoms with Crippen LogP contribution in [0.4, 0.5) is 5.82 Å². The van der Waals surface area contributed by atoms with Gasteiger partial charge in [-0.05, 0) is 25.0 Å². The molecule has 6 heteroatoms. The molecule has 1 aliphatic carbocycles. The second-order valence-corrected chi connectivity index (χ2v) is 4.97. The van der Waals surface area contributed by atoms with Gasteiger partial charge in [-0.3, -0.25) is 4.79 Å². The first-order valence-corrected chi connectivity index (χ1v) is 6.89. The lowest BCUT2D eigenvalue weighted by Gasteiger charge is -2.22. The van der Waals surface area contributed by atoms with Gasteiger partial charge in [0.15, 0.2) is 5.69 Å². The van der Waals surface area contributed by atoms with E-state index in [9.17, 15) is 9.59 Å². The molecule has 108 valence electrons. The molecule has 1 aliphatic rings. The second-order valence-electron chi connectivity index (χ2n) is 4.97. The van der Waals surface area contributed by atoms with E-state index < -0.39 is 5.97 Å². The Morgan fingerprint density at radius 1 is 1.25 bits per heavy atom. The Labute approximate surface area is 117 Å². The van der Waals surface area contributed by atoms with Gasteiger partial charge < -0.3 is 15.7 Å². The van der Waals surface area contributed by atoms with E-state index in [1.165, 1.54) is 25.3 Å². The third-order valence-electron chi connectivity index (χ3n) is 3.37. The first-order chi connectivity index (χ1) is 9.65. The molecule has 0 saturated heterocycles. The van der Waals surface area contributed by atoms with E-state index in [1.807, 2.05) is 0 Å². The van der Waals surface area contributed by atoms with Gasteiger partial charge >= 0.3 is 5.97 Å². The summed E-state index contributed by atoms with van der Waals surface area (Å²) in [5.74, 6) is -0.775. The van der Waals surface area contributed by atoms with E-state index in [-0.39, 0.29) is 24.2 Å². The van der Waals surface area contributed by atoms with Crippen LogP contribution in [-0.2, 0) is 4.79 Å². The average molecular weight is 277 g/mol. The maximum Gasteiger partial charge on any atom is 0.354 e. The predicted molar refractivity (Wildman–Crippen MR) is 74.7 cm³/mol. The molecule has 0 unspecified atom stereocenters. The number of hydrogen-bond donors (Lipinski definition) is 3. The number of amides is 1. The first kappa shape index (κ1) is 14.3. The van der Waals surface area contributed by atoms with Crippen LogP contribution in [0.25, 0.3) is 0 Å². The molecular formula is C14H19N3O3. The molecule has 2 rings (SSSR count). The molecule has 1 amide bonds. The van der Waals surface area contributed by atoms with Crippen LogP contribution in [-0.4, -0.2) is 34.6 Å². The van der Waals surface area contributed by atoms with Gasteiger partial charge in [0.25, 0.3) is 0 Å². The number of aromatic nitrogens is 1. The van der Waals surface area contributed by atoms with Crippen LogP contribution in [0.15, 0.2) is 18.2 Å². The Hall–Kier alpha value is -2.11. The molecule has 1 aromatic rings. The van der Waals surface area contributed by atoms with E-state index in [2.05, 4.69) is 15.6 Å². The molecule has 1 heterocycles. The summed E-state index contributed by atoms with van der Waals surface area (Å²) in [5.41, 5.74) is -0.0392. The standard InChI is InChI=1S/C14H19N3O3/c18-13(16-10-5-2-1-3-6-10)9-15-12-8-4-7-11(17-12)14(19)20/h4,7-8,10H,1-3,5-6,9H2,(H,15,17)(H,16,18)(H,19,20). The first-order valence-electron chi connectivity index (χ1n) is 6.89. The number of carbonyl (C=O) groups is 2. The highest BCUT2D eigenvalue weighted by Gasteiger charge is 2.15. The van der Waals surface area contributed by atoms with Crippen molar-refractivity contribution in [3.8, 4) is 0 Å². The lowest BCUT2D eigenvalue weighted by atomic mass is 9.95. The van der Waals surface area contributed by atoms with Gasteiger partial charge in [0.05, 0.1) is 6.54 Å². The minimum Gasteiger partial charge on any atom is -0.477 e. The van der Waals surface area contributed by atoms with Crippen LogP contribution in [0, 0.1) is 0 Å². The van der Waals surface area contributed by atoms with Gasteiger partial charge in [-0.1, -0.05) is 25.3 Å². The molecule has 0 radical (unpaired) electrons. The minimum atomic E-state index is -1.08. The highest BCUT2D eigenvalue weighted by molar-refractivity contribution is 5.86. The van der Waals surface area contributed by atoms with Gasteiger partial charge in [0.2, 0.25) is 5.91 Å². The zero-order valence-corrected chi connectivity index (χ0v) is 11.3. The Balaban J connectivity index is 1.80. The molecule has 3 N–H and O–H groups in total. The van der Waals surface area contributed by atoms with E-state index in [0.717, 1.165) is 12.8 Å². The fourth-order valence-corrected chi connectivity index (χ4v) is 2.35. The van der Waals surface area contributed by atoms with Gasteiger partial charge in [0, 0.05) is 6.04 Å². The van der Waals surface area contributed by atoms with Gasteiger partial charge in [-0.15, -0.1) is 0 Å². The molecule has 0 aliphatic heterocycles. The topological polar surface area (TPSA) is 91.3 Å². The number of pyridine rings is 1. The molecule has 0 atom stereocenters. The van der Waals surface area contributed by atoms with Crippen molar-refractivity contribution in [2.75, 3.05) is 11.9 Å². The Bertz CT molecular complexity index is 484. The fraction of sp³-hybridized carbons (Fsp3) is 0.500. The normalized spacial score (nSPS) is 15.6. The molecule has 20 heavy (non-hydrogen) atoms. The van der Waals surface area contributed by atoms with Gasteiger partial charge in [0.1, 0.15) is 5.82 Å². The summed E-state index contributed by atoms with van der Waals surface area (Å²) in [6.45, 7) is 0.104. The van der Waals surface area contributed by atoms with Crippen LogP contribution in [0.1, 0.15) is 42.6 Å². The monoisotopic (exact) mass is 277 g/mol. The van der Waals surface area contributed by atoms with Crippen molar-refractivity contribution in [1.29, 1.82) is 0 Å². The Morgan fingerprint density at radius 3 is 2.70 bits per heavy atom. The average Bonchev–Trinajstić information content (AvgIpc) is 2.46. The fourth-order valence-electron chi connectivity index (χ4n) is 2.35. The zero-order chi connectivity index (χ0) is 14.4. The van der Waals surface area contributed by atoms with Crippen LogP contribution < -0.4 is 10.6 Å². The number of rotatable bonds is 5. The number of aromatic carboxylic acids is 1. The third kappa shape index (κ3) is 4.22. The summed E-state index contributed by atoms with van der Waals surface area (Å²) in [6.07, 6.45) is 5.66. The van der Waals surface area contributed by atoms with E-state index in [1.54, 1.807) is 12.1 Å². The molecular weight excluding hydrogens is 258 g/mol. The number of nitrogens with zero attached hydrogens (tertiary/aromatic N) is 1. The van der Waals surface area contributed by atoms with Crippen LogP contribution in [0.2, 0.25) is 0 Å². The molecule has 1 saturated carbocycles. The van der Waals surface area contributed by atoms with Crippen molar-refractivity contribution in [1.82, 2.24) is 10.3 Å². The summed E-state index contributed by atoms with van der Waals surface area (Å²) in [7, 11) is 0. The van der Waals surface area contributed by atoms with E-state index in [4.69, 9.17) is 5.11 Å². The van der Waals surface area contributed by atoms with Crippen LogP contribution in [0.3, 0.4) is 0 Å². The summed E-state index contributed by atoms with van der Waals surface area (Å²) in [5, 5.41) is 14.7. The van der Waals surface area contributed by atoms with Crippen LogP contribution in [0.5, 0.6) is 0 Å². The molecule has 1 aromatic heterocycles. The third-order valence-corrected chi connectivity index (χ3v) is 3.37. The number of carboxylic acids is 1. The highest BCUT2D eigenvalue weighted by Crippen LogP contribution is 2.17. The lowest BCUT2D eigenvalue weighted by Crippen LogP contribution is -2.39. The molecule has 1 fully saturated rings. The minimum absolute atomic E-state index is 0.0392. The van der Waals surface area contributed by atoms with Crippen molar-refractivity contribution in [2.45, 2.75) is 38.1 Å². The van der Waals surface area contributed by atoms with Gasteiger partial charge in [-0.25, -0.2) is 9.78 Å². The smallest absolute Gasteiger partial charge is 0.354 e. The quantitative estimate of drug-likeness (QED) is 0.761. The predicted octanol–water partition coefficient (Wildman–Crippen LogP) is 1.64. The maximum absolute atomic E-state index is 11.8. The largest absolute Gasteiger partial charge is 0.477 e. The molecule has 6 nitrogen and oxygen atoms in total.